The second kappa shape index (κ2) is 15.9. The molecule has 0 bridgehead atoms. The average molecular weight is 389 g/mol. The Morgan fingerprint density at radius 2 is 1.25 bits per heavy atom. The molecule has 0 atom stereocenters. The molecule has 0 aromatic heterocycles. The van der Waals surface area contributed by atoms with E-state index in [1.165, 1.54) is 44.9 Å². The smallest absolute Gasteiger partial charge is 0.339 e. The Kier molecular flexibility index (Phi) is 13.6. The predicted octanol–water partition coefficient (Wildman–Crippen LogP) is 6.50. The van der Waals surface area contributed by atoms with Gasteiger partial charge >= 0.3 is 11.9 Å². The number of hydrogen-bond acceptors (Lipinski definition) is 4. The van der Waals surface area contributed by atoms with Crippen molar-refractivity contribution in [3.63, 3.8) is 0 Å². The lowest BCUT2D eigenvalue weighted by Crippen LogP contribution is -2.15. The summed E-state index contributed by atoms with van der Waals surface area (Å²) in [6.07, 6.45) is 14.2. The minimum Gasteiger partial charge on any atom is -0.462 e. The Hall–Kier alpha value is -2.10. The van der Waals surface area contributed by atoms with E-state index < -0.39 is 11.9 Å². The molecule has 4 heteroatoms. The van der Waals surface area contributed by atoms with Crippen LogP contribution in [0, 0.1) is 0 Å². The standard InChI is InChI=1S/C24H36O4/c1-3-5-7-8-9-10-11-12-16-20-28-24(26)22-18-14-13-17-21(22)23(25)27-19-15-6-4-2/h4,13-14,17-18H,2-3,5-12,15-16,19-20H2,1H3. The van der Waals surface area contributed by atoms with Crippen LogP contribution in [0.1, 0.15) is 98.3 Å². The summed E-state index contributed by atoms with van der Waals surface area (Å²) in [6.45, 7) is 6.57. The van der Waals surface area contributed by atoms with Gasteiger partial charge in [-0.05, 0) is 31.4 Å². The average Bonchev–Trinajstić information content (AvgIpc) is 2.72. The first-order valence-electron chi connectivity index (χ1n) is 10.7. The van der Waals surface area contributed by atoms with E-state index in [2.05, 4.69) is 13.5 Å². The molecule has 0 radical (unpaired) electrons. The van der Waals surface area contributed by atoms with Crippen LogP contribution in [0.4, 0.5) is 0 Å². The van der Waals surface area contributed by atoms with Gasteiger partial charge in [-0.2, -0.15) is 0 Å². The van der Waals surface area contributed by atoms with Crippen molar-refractivity contribution in [2.45, 2.75) is 77.6 Å². The van der Waals surface area contributed by atoms with Gasteiger partial charge in [0.2, 0.25) is 0 Å². The van der Waals surface area contributed by atoms with E-state index in [9.17, 15) is 9.59 Å². The summed E-state index contributed by atoms with van der Waals surface area (Å²) < 4.78 is 10.6. The molecule has 0 spiro atoms. The van der Waals surface area contributed by atoms with Crippen LogP contribution in [-0.4, -0.2) is 25.2 Å². The van der Waals surface area contributed by atoms with Crippen LogP contribution in [0.15, 0.2) is 36.9 Å². The fraction of sp³-hybridized carbons (Fsp3) is 0.583. The van der Waals surface area contributed by atoms with Crippen molar-refractivity contribution < 1.29 is 19.1 Å². The number of ether oxygens (including phenoxy) is 2. The lowest BCUT2D eigenvalue weighted by molar-refractivity contribution is 0.0452. The molecule has 0 aliphatic rings. The molecule has 1 rings (SSSR count). The van der Waals surface area contributed by atoms with Crippen LogP contribution in [-0.2, 0) is 9.47 Å². The summed E-state index contributed by atoms with van der Waals surface area (Å²) >= 11 is 0. The number of carbonyl (C=O) groups excluding carboxylic acids is 2. The van der Waals surface area contributed by atoms with Crippen LogP contribution >= 0.6 is 0 Å². The van der Waals surface area contributed by atoms with Crippen molar-refractivity contribution in [1.82, 2.24) is 0 Å². The van der Waals surface area contributed by atoms with Crippen LogP contribution in [0.2, 0.25) is 0 Å². The first-order valence-corrected chi connectivity index (χ1v) is 10.7. The van der Waals surface area contributed by atoms with Gasteiger partial charge in [0.25, 0.3) is 0 Å². The number of carbonyl (C=O) groups is 2. The molecule has 1 aromatic carbocycles. The second-order valence-electron chi connectivity index (χ2n) is 7.08. The second-order valence-corrected chi connectivity index (χ2v) is 7.08. The Morgan fingerprint density at radius 3 is 1.75 bits per heavy atom. The molecule has 28 heavy (non-hydrogen) atoms. The topological polar surface area (TPSA) is 52.6 Å². The highest BCUT2D eigenvalue weighted by atomic mass is 16.5. The summed E-state index contributed by atoms with van der Waals surface area (Å²) in [7, 11) is 0. The fourth-order valence-corrected chi connectivity index (χ4v) is 2.96. The van der Waals surface area contributed by atoms with Crippen molar-refractivity contribution in [1.29, 1.82) is 0 Å². The molecule has 1 aromatic rings. The quantitative estimate of drug-likeness (QED) is 0.184. The number of esters is 2. The molecule has 0 aliphatic heterocycles. The molecular weight excluding hydrogens is 352 g/mol. The van der Waals surface area contributed by atoms with Gasteiger partial charge in [0.1, 0.15) is 0 Å². The molecule has 4 nitrogen and oxygen atoms in total. The van der Waals surface area contributed by atoms with Crippen molar-refractivity contribution in [3.8, 4) is 0 Å². The third-order valence-corrected chi connectivity index (χ3v) is 4.63. The molecule has 0 unspecified atom stereocenters. The Morgan fingerprint density at radius 1 is 0.786 bits per heavy atom. The van der Waals surface area contributed by atoms with Crippen molar-refractivity contribution >= 4 is 11.9 Å². The van der Waals surface area contributed by atoms with Gasteiger partial charge in [0, 0.05) is 0 Å². The third kappa shape index (κ3) is 10.3. The molecule has 0 saturated heterocycles. The van der Waals surface area contributed by atoms with E-state index in [0.717, 1.165) is 25.7 Å². The molecule has 0 fully saturated rings. The van der Waals surface area contributed by atoms with Crippen molar-refractivity contribution in [3.05, 3.63) is 48.0 Å². The van der Waals surface area contributed by atoms with Gasteiger partial charge in [-0.3, -0.25) is 0 Å². The maximum atomic E-state index is 12.3. The summed E-state index contributed by atoms with van der Waals surface area (Å²) in [5.74, 6) is -0.946. The zero-order valence-electron chi connectivity index (χ0n) is 17.4. The first kappa shape index (κ1) is 23.9. The van der Waals surface area contributed by atoms with Crippen LogP contribution in [0.25, 0.3) is 0 Å². The van der Waals surface area contributed by atoms with Crippen LogP contribution in [0.5, 0.6) is 0 Å². The van der Waals surface area contributed by atoms with Crippen molar-refractivity contribution in [2.24, 2.45) is 0 Å². The maximum Gasteiger partial charge on any atom is 0.339 e. The lowest BCUT2D eigenvalue weighted by atomic mass is 10.1. The molecule has 156 valence electrons. The molecule has 0 saturated carbocycles. The van der Waals surface area contributed by atoms with Gasteiger partial charge in [0.15, 0.2) is 0 Å². The normalized spacial score (nSPS) is 10.5. The minimum atomic E-state index is -0.486. The Labute approximate surface area is 170 Å². The molecule has 0 aliphatic carbocycles. The zero-order valence-corrected chi connectivity index (χ0v) is 17.4. The summed E-state index contributed by atoms with van der Waals surface area (Å²) in [5, 5.41) is 0. The summed E-state index contributed by atoms with van der Waals surface area (Å²) in [5.41, 5.74) is 0.533. The number of allylic oxidation sites excluding steroid dienone is 1. The number of rotatable bonds is 16. The highest BCUT2D eigenvalue weighted by Gasteiger charge is 2.18. The van der Waals surface area contributed by atoms with E-state index in [1.807, 2.05) is 0 Å². The third-order valence-electron chi connectivity index (χ3n) is 4.63. The highest BCUT2D eigenvalue weighted by molar-refractivity contribution is 6.03. The maximum absolute atomic E-state index is 12.3. The molecule has 0 amide bonds. The van der Waals surface area contributed by atoms with Gasteiger partial charge in [-0.25, -0.2) is 9.59 Å². The Bertz CT molecular complexity index is 580. The van der Waals surface area contributed by atoms with E-state index in [-0.39, 0.29) is 11.1 Å². The Balaban J connectivity index is 2.29. The SMILES string of the molecule is C=CCCCOC(=O)c1ccccc1C(=O)OCCCCCCCCCCC. The molecule has 0 heterocycles. The molecule has 0 N–H and O–H groups in total. The van der Waals surface area contributed by atoms with Gasteiger partial charge in [-0.15, -0.1) is 6.58 Å². The van der Waals surface area contributed by atoms with Gasteiger partial charge in [0.05, 0.1) is 24.3 Å². The molecular formula is C24H36O4. The largest absolute Gasteiger partial charge is 0.462 e. The van der Waals surface area contributed by atoms with Crippen molar-refractivity contribution in [2.75, 3.05) is 13.2 Å². The number of hydrogen-bond donors (Lipinski definition) is 0. The van der Waals surface area contributed by atoms with Gasteiger partial charge in [-0.1, -0.05) is 76.5 Å². The van der Waals surface area contributed by atoms with Gasteiger partial charge < -0.3 is 9.47 Å². The number of unbranched alkanes of at least 4 members (excludes halogenated alkanes) is 9. The summed E-state index contributed by atoms with van der Waals surface area (Å²) in [4.78, 5) is 24.6. The first-order chi connectivity index (χ1) is 13.7. The summed E-state index contributed by atoms with van der Waals surface area (Å²) in [6, 6.07) is 6.66. The number of benzene rings is 1. The van der Waals surface area contributed by atoms with Crippen LogP contribution < -0.4 is 0 Å². The monoisotopic (exact) mass is 388 g/mol. The minimum absolute atomic E-state index is 0.262. The van der Waals surface area contributed by atoms with Crippen LogP contribution in [0.3, 0.4) is 0 Å². The zero-order chi connectivity index (χ0) is 20.5. The predicted molar refractivity (Wildman–Crippen MR) is 114 cm³/mol. The van der Waals surface area contributed by atoms with E-state index in [0.29, 0.717) is 13.2 Å². The van der Waals surface area contributed by atoms with E-state index >= 15 is 0 Å². The lowest BCUT2D eigenvalue weighted by Gasteiger charge is -2.09. The van der Waals surface area contributed by atoms with E-state index in [4.69, 9.17) is 9.47 Å². The van der Waals surface area contributed by atoms with E-state index in [1.54, 1.807) is 30.3 Å². The highest BCUT2D eigenvalue weighted by Crippen LogP contribution is 2.14. The fourth-order valence-electron chi connectivity index (χ4n) is 2.96.